The van der Waals surface area contributed by atoms with Crippen LogP contribution in [0.1, 0.15) is 26.0 Å². The number of nitrogens with zero attached hydrogens (tertiary/aromatic N) is 1. The molecule has 1 aromatic heterocycles. The molecular formula is C9H13BrN2O3. The Morgan fingerprint density at radius 2 is 2.13 bits per heavy atom. The van der Waals surface area contributed by atoms with Gasteiger partial charge in [0.05, 0.1) is 0 Å². The number of H-pyrrole nitrogens is 1. The smallest absolute Gasteiger partial charge is 0.362 e. The molecule has 1 aromatic rings. The van der Waals surface area contributed by atoms with Gasteiger partial charge in [0.15, 0.2) is 0 Å². The molecule has 84 valence electrons. The summed E-state index contributed by atoms with van der Waals surface area (Å²) < 4.78 is 1.05. The lowest BCUT2D eigenvalue weighted by Gasteiger charge is -2.13. The fourth-order valence-electron chi connectivity index (χ4n) is 0.958. The number of halogens is 1. The first-order chi connectivity index (χ1) is 6.97. The third-order valence-electron chi connectivity index (χ3n) is 2.04. The highest BCUT2D eigenvalue weighted by Crippen LogP contribution is 2.04. The standard InChI is InChI=1S/C9H13BrN2O3/c1-4-5(2)15-12-8(13)7(10)6(3)11-9(12)14/h5H,4H2,1-3H3,(H,11,14). The first-order valence-electron chi connectivity index (χ1n) is 4.66. The number of hydrogen-bond donors (Lipinski definition) is 1. The van der Waals surface area contributed by atoms with Crippen LogP contribution in [0, 0.1) is 6.92 Å². The van der Waals surface area contributed by atoms with Crippen molar-refractivity contribution in [3.8, 4) is 0 Å². The van der Waals surface area contributed by atoms with Crippen LogP contribution in [0.25, 0.3) is 0 Å². The molecule has 0 fully saturated rings. The highest BCUT2D eigenvalue weighted by atomic mass is 79.9. The van der Waals surface area contributed by atoms with Crippen molar-refractivity contribution in [2.45, 2.75) is 33.3 Å². The van der Waals surface area contributed by atoms with E-state index in [2.05, 4.69) is 20.9 Å². The summed E-state index contributed by atoms with van der Waals surface area (Å²) >= 11 is 3.09. The largest absolute Gasteiger partial charge is 0.403 e. The van der Waals surface area contributed by atoms with Crippen LogP contribution >= 0.6 is 15.9 Å². The van der Waals surface area contributed by atoms with E-state index in [4.69, 9.17) is 4.84 Å². The molecule has 0 bridgehead atoms. The summed E-state index contributed by atoms with van der Waals surface area (Å²) in [5.41, 5.74) is -0.536. The second-order valence-electron chi connectivity index (χ2n) is 3.29. The van der Waals surface area contributed by atoms with Gasteiger partial charge in [-0.1, -0.05) is 11.7 Å². The molecule has 0 spiro atoms. The Balaban J connectivity index is 3.25. The summed E-state index contributed by atoms with van der Waals surface area (Å²) in [5, 5.41) is 0. The number of nitrogens with one attached hydrogen (secondary N) is 1. The fraction of sp³-hybridized carbons (Fsp3) is 0.556. The molecule has 1 unspecified atom stereocenters. The number of aromatic nitrogens is 2. The van der Waals surface area contributed by atoms with Gasteiger partial charge in [0, 0.05) is 5.69 Å². The van der Waals surface area contributed by atoms with Crippen molar-refractivity contribution in [2.24, 2.45) is 0 Å². The summed E-state index contributed by atoms with van der Waals surface area (Å²) in [6, 6.07) is 0. The molecule has 1 N–H and O–H groups in total. The molecular weight excluding hydrogens is 264 g/mol. The summed E-state index contributed by atoms with van der Waals surface area (Å²) in [6.07, 6.45) is 0.538. The normalized spacial score (nSPS) is 12.5. The first kappa shape index (κ1) is 12.0. The maximum atomic E-state index is 11.6. The molecule has 6 heteroatoms. The van der Waals surface area contributed by atoms with E-state index in [9.17, 15) is 9.59 Å². The molecule has 0 aliphatic heterocycles. The van der Waals surface area contributed by atoms with Crippen LogP contribution in [0.15, 0.2) is 14.1 Å². The lowest BCUT2D eigenvalue weighted by atomic mass is 10.3. The monoisotopic (exact) mass is 276 g/mol. The van der Waals surface area contributed by atoms with Gasteiger partial charge in [0.25, 0.3) is 0 Å². The van der Waals surface area contributed by atoms with Crippen LogP contribution in [0.2, 0.25) is 0 Å². The van der Waals surface area contributed by atoms with Crippen LogP contribution < -0.4 is 16.1 Å². The van der Waals surface area contributed by atoms with Crippen molar-refractivity contribution in [3.63, 3.8) is 0 Å². The van der Waals surface area contributed by atoms with Crippen molar-refractivity contribution in [1.82, 2.24) is 9.71 Å². The van der Waals surface area contributed by atoms with Gasteiger partial charge in [-0.05, 0) is 36.2 Å². The van der Waals surface area contributed by atoms with E-state index in [1.807, 2.05) is 6.92 Å². The lowest BCUT2D eigenvalue weighted by Crippen LogP contribution is -2.43. The highest BCUT2D eigenvalue weighted by Gasteiger charge is 2.11. The van der Waals surface area contributed by atoms with Gasteiger partial charge in [0.1, 0.15) is 10.6 Å². The van der Waals surface area contributed by atoms with E-state index in [-0.39, 0.29) is 6.10 Å². The zero-order valence-corrected chi connectivity index (χ0v) is 10.4. The minimum absolute atomic E-state index is 0.182. The van der Waals surface area contributed by atoms with E-state index in [0.717, 1.165) is 11.2 Å². The summed E-state index contributed by atoms with van der Waals surface area (Å²) in [7, 11) is 0. The Labute approximate surface area is 95.2 Å². The van der Waals surface area contributed by atoms with Crippen molar-refractivity contribution < 1.29 is 4.84 Å². The average molecular weight is 277 g/mol. The Kier molecular flexibility index (Phi) is 3.73. The van der Waals surface area contributed by atoms with Crippen LogP contribution in [0.5, 0.6) is 0 Å². The Morgan fingerprint density at radius 3 is 2.67 bits per heavy atom. The quantitative estimate of drug-likeness (QED) is 0.890. The highest BCUT2D eigenvalue weighted by molar-refractivity contribution is 9.10. The van der Waals surface area contributed by atoms with Crippen LogP contribution in [0.3, 0.4) is 0 Å². The molecule has 1 atom stereocenters. The summed E-state index contributed by atoms with van der Waals surface area (Å²) in [4.78, 5) is 30.8. The predicted molar refractivity (Wildman–Crippen MR) is 60.1 cm³/mol. The zero-order valence-electron chi connectivity index (χ0n) is 8.83. The molecule has 0 aliphatic rings. The Bertz CT molecular complexity index is 463. The van der Waals surface area contributed by atoms with Gasteiger partial charge < -0.3 is 9.82 Å². The SMILES string of the molecule is CCC(C)On1c(=O)[nH]c(C)c(Br)c1=O. The second kappa shape index (κ2) is 4.65. The van der Waals surface area contributed by atoms with Gasteiger partial charge in [-0.15, -0.1) is 0 Å². The third-order valence-corrected chi connectivity index (χ3v) is 2.97. The van der Waals surface area contributed by atoms with Gasteiger partial charge in [-0.3, -0.25) is 4.79 Å². The lowest BCUT2D eigenvalue weighted by molar-refractivity contribution is 0.0307. The second-order valence-corrected chi connectivity index (χ2v) is 4.09. The van der Waals surface area contributed by atoms with Gasteiger partial charge in [0.2, 0.25) is 0 Å². The molecule has 0 aromatic carbocycles. The fourth-order valence-corrected chi connectivity index (χ4v) is 1.22. The Morgan fingerprint density at radius 1 is 1.53 bits per heavy atom. The Hall–Kier alpha value is -1.04. The van der Waals surface area contributed by atoms with E-state index < -0.39 is 11.2 Å². The van der Waals surface area contributed by atoms with Crippen LogP contribution in [-0.2, 0) is 0 Å². The topological polar surface area (TPSA) is 64.1 Å². The molecule has 0 saturated carbocycles. The average Bonchev–Trinajstić information content (AvgIpc) is 2.21. The maximum absolute atomic E-state index is 11.6. The van der Waals surface area contributed by atoms with E-state index in [0.29, 0.717) is 10.2 Å². The molecule has 1 heterocycles. The zero-order chi connectivity index (χ0) is 11.6. The molecule has 0 amide bonds. The number of hydrogen-bond acceptors (Lipinski definition) is 3. The first-order valence-corrected chi connectivity index (χ1v) is 5.45. The number of aryl methyl sites for hydroxylation is 1. The van der Waals surface area contributed by atoms with Crippen LogP contribution in [0.4, 0.5) is 0 Å². The summed E-state index contributed by atoms with van der Waals surface area (Å²) in [5.74, 6) is 0. The van der Waals surface area contributed by atoms with Crippen molar-refractivity contribution in [2.75, 3.05) is 0 Å². The number of rotatable bonds is 3. The third kappa shape index (κ3) is 2.50. The van der Waals surface area contributed by atoms with Gasteiger partial charge in [-0.2, -0.15) is 0 Å². The van der Waals surface area contributed by atoms with E-state index in [1.54, 1.807) is 13.8 Å². The predicted octanol–water partition coefficient (Wildman–Crippen LogP) is 0.835. The molecule has 5 nitrogen and oxygen atoms in total. The summed E-state index contributed by atoms with van der Waals surface area (Å²) in [6.45, 7) is 5.34. The van der Waals surface area contributed by atoms with E-state index >= 15 is 0 Å². The maximum Gasteiger partial charge on any atom is 0.362 e. The van der Waals surface area contributed by atoms with Crippen molar-refractivity contribution in [3.05, 3.63) is 31.0 Å². The molecule has 15 heavy (non-hydrogen) atoms. The minimum Gasteiger partial charge on any atom is -0.403 e. The minimum atomic E-state index is -0.555. The van der Waals surface area contributed by atoms with Crippen LogP contribution in [-0.4, -0.2) is 15.8 Å². The van der Waals surface area contributed by atoms with Gasteiger partial charge >= 0.3 is 11.2 Å². The molecule has 1 rings (SSSR count). The van der Waals surface area contributed by atoms with Crippen molar-refractivity contribution in [1.29, 1.82) is 0 Å². The van der Waals surface area contributed by atoms with E-state index in [1.165, 1.54) is 0 Å². The molecule has 0 aliphatic carbocycles. The molecule has 0 saturated heterocycles. The van der Waals surface area contributed by atoms with Crippen molar-refractivity contribution >= 4 is 15.9 Å². The number of aromatic amines is 1. The van der Waals surface area contributed by atoms with Gasteiger partial charge in [-0.25, -0.2) is 4.79 Å². The molecule has 0 radical (unpaired) electrons.